The smallest absolute Gasteiger partial charge is 0.115 e. The van der Waals surface area contributed by atoms with Crippen molar-refractivity contribution in [3.63, 3.8) is 0 Å². The maximum absolute atomic E-state index is 9.59. The van der Waals surface area contributed by atoms with Gasteiger partial charge in [0.1, 0.15) is 5.75 Å². The van der Waals surface area contributed by atoms with Gasteiger partial charge in [0.05, 0.1) is 6.61 Å². The Morgan fingerprint density at radius 3 is 2.74 bits per heavy atom. The molecule has 0 amide bonds. The predicted octanol–water partition coefficient (Wildman–Crippen LogP) is 2.03. The summed E-state index contributed by atoms with van der Waals surface area (Å²) in [5.74, 6) is 0.267. The minimum absolute atomic E-state index is 0.0679. The van der Waals surface area contributed by atoms with Crippen LogP contribution >= 0.6 is 15.9 Å². The maximum Gasteiger partial charge on any atom is 0.115 e. The topological polar surface area (TPSA) is 61.7 Å². The highest BCUT2D eigenvalue weighted by molar-refractivity contribution is 9.10. The summed E-state index contributed by atoms with van der Waals surface area (Å²) in [6, 6.07) is 5.23. The van der Waals surface area contributed by atoms with Crippen molar-refractivity contribution < 1.29 is 14.9 Å². The monoisotopic (exact) mass is 329 g/mol. The third-order valence-corrected chi connectivity index (χ3v) is 4.51. The molecule has 106 valence electrons. The first-order valence-electron chi connectivity index (χ1n) is 6.52. The molecule has 1 aliphatic rings. The molecular formula is C14H20BrNO3. The average molecular weight is 330 g/mol. The summed E-state index contributed by atoms with van der Waals surface area (Å²) in [5.41, 5.74) is 0.946. The summed E-state index contributed by atoms with van der Waals surface area (Å²) in [7, 11) is 0. The Kier molecular flexibility index (Phi) is 5.21. The van der Waals surface area contributed by atoms with Gasteiger partial charge < -0.3 is 20.3 Å². The largest absolute Gasteiger partial charge is 0.508 e. The zero-order valence-corrected chi connectivity index (χ0v) is 12.4. The average Bonchev–Trinajstić information content (AvgIpc) is 2.44. The first kappa shape index (κ1) is 14.8. The van der Waals surface area contributed by atoms with E-state index in [2.05, 4.69) is 21.2 Å². The van der Waals surface area contributed by atoms with Crippen molar-refractivity contribution in [3.05, 3.63) is 28.2 Å². The van der Waals surface area contributed by atoms with E-state index in [1.807, 2.05) is 6.07 Å². The quantitative estimate of drug-likeness (QED) is 0.773. The lowest BCUT2D eigenvalue weighted by Gasteiger charge is -2.35. The molecule has 5 heteroatoms. The van der Waals surface area contributed by atoms with Gasteiger partial charge in [-0.05, 0) is 36.6 Å². The first-order chi connectivity index (χ1) is 9.15. The van der Waals surface area contributed by atoms with Crippen LogP contribution in [0, 0.1) is 5.41 Å². The van der Waals surface area contributed by atoms with Crippen LogP contribution in [-0.2, 0) is 11.3 Å². The molecule has 0 saturated carbocycles. The number of phenols is 1. The van der Waals surface area contributed by atoms with Gasteiger partial charge in [0.25, 0.3) is 0 Å². The van der Waals surface area contributed by atoms with Gasteiger partial charge in [-0.2, -0.15) is 0 Å². The summed E-state index contributed by atoms with van der Waals surface area (Å²) < 4.78 is 6.32. The van der Waals surface area contributed by atoms with E-state index in [0.29, 0.717) is 6.54 Å². The molecule has 0 unspecified atom stereocenters. The zero-order chi connectivity index (χ0) is 13.7. The van der Waals surface area contributed by atoms with Crippen LogP contribution < -0.4 is 5.32 Å². The lowest BCUT2D eigenvalue weighted by molar-refractivity contribution is -0.0154. The third kappa shape index (κ3) is 3.92. The van der Waals surface area contributed by atoms with E-state index >= 15 is 0 Å². The van der Waals surface area contributed by atoms with Crippen molar-refractivity contribution >= 4 is 15.9 Å². The number of hydrogen-bond acceptors (Lipinski definition) is 4. The van der Waals surface area contributed by atoms with Gasteiger partial charge in [-0.25, -0.2) is 0 Å². The molecule has 3 N–H and O–H groups in total. The second kappa shape index (κ2) is 6.70. The second-order valence-corrected chi connectivity index (χ2v) is 6.00. The molecule has 1 fully saturated rings. The molecule has 1 aromatic rings. The molecular weight excluding hydrogens is 310 g/mol. The van der Waals surface area contributed by atoms with Gasteiger partial charge in [0.2, 0.25) is 0 Å². The van der Waals surface area contributed by atoms with E-state index in [-0.39, 0.29) is 17.8 Å². The van der Waals surface area contributed by atoms with Crippen molar-refractivity contribution in [2.24, 2.45) is 5.41 Å². The van der Waals surface area contributed by atoms with Crippen molar-refractivity contribution in [2.75, 3.05) is 26.4 Å². The van der Waals surface area contributed by atoms with Crippen LogP contribution in [0.1, 0.15) is 18.4 Å². The fraction of sp³-hybridized carbons (Fsp3) is 0.571. The Hall–Kier alpha value is -0.620. The van der Waals surface area contributed by atoms with Gasteiger partial charge in [0, 0.05) is 36.2 Å². The summed E-state index contributed by atoms with van der Waals surface area (Å²) in [6.07, 6.45) is 1.77. The SMILES string of the molecule is OCC1(CNCc2cc(O)ccc2Br)CCOCC1. The van der Waals surface area contributed by atoms with Crippen LogP contribution in [0.3, 0.4) is 0 Å². The van der Waals surface area contributed by atoms with Crippen LogP contribution in [0.5, 0.6) is 5.75 Å². The fourth-order valence-electron chi connectivity index (χ4n) is 2.35. The molecule has 0 spiro atoms. The Balaban J connectivity index is 1.90. The molecule has 1 saturated heterocycles. The number of nitrogens with one attached hydrogen (secondary N) is 1. The highest BCUT2D eigenvalue weighted by Crippen LogP contribution is 2.29. The Labute approximate surface area is 121 Å². The molecule has 0 bridgehead atoms. The number of halogens is 1. The molecule has 1 aliphatic heterocycles. The molecule has 0 aliphatic carbocycles. The summed E-state index contributed by atoms with van der Waals surface area (Å²) in [6.45, 7) is 3.05. The molecule has 2 rings (SSSR count). The van der Waals surface area contributed by atoms with Crippen molar-refractivity contribution in [1.82, 2.24) is 5.32 Å². The van der Waals surface area contributed by atoms with Gasteiger partial charge in [-0.1, -0.05) is 15.9 Å². The fourth-order valence-corrected chi connectivity index (χ4v) is 2.74. The number of aliphatic hydroxyl groups is 1. The minimum atomic E-state index is -0.0679. The summed E-state index contributed by atoms with van der Waals surface area (Å²) in [5, 5.41) is 22.4. The number of benzene rings is 1. The van der Waals surface area contributed by atoms with Gasteiger partial charge in [-0.15, -0.1) is 0 Å². The number of hydrogen-bond donors (Lipinski definition) is 3. The molecule has 19 heavy (non-hydrogen) atoms. The second-order valence-electron chi connectivity index (χ2n) is 5.15. The van der Waals surface area contributed by atoms with E-state index in [1.54, 1.807) is 12.1 Å². The molecule has 0 radical (unpaired) electrons. The number of aromatic hydroxyl groups is 1. The third-order valence-electron chi connectivity index (χ3n) is 3.73. The van der Waals surface area contributed by atoms with Crippen molar-refractivity contribution in [1.29, 1.82) is 0 Å². The standard InChI is InChI=1S/C14H20BrNO3/c15-13-2-1-12(18)7-11(13)8-16-9-14(10-17)3-5-19-6-4-14/h1-2,7,16-18H,3-6,8-10H2. The molecule has 1 aromatic carbocycles. The van der Waals surface area contributed by atoms with Crippen molar-refractivity contribution in [3.8, 4) is 5.75 Å². The summed E-state index contributed by atoms with van der Waals surface area (Å²) in [4.78, 5) is 0. The molecule has 1 heterocycles. The Morgan fingerprint density at radius 1 is 1.32 bits per heavy atom. The van der Waals surface area contributed by atoms with Gasteiger partial charge in [0.15, 0.2) is 0 Å². The normalized spacial score (nSPS) is 18.4. The van der Waals surface area contributed by atoms with Crippen LogP contribution in [-0.4, -0.2) is 36.6 Å². The highest BCUT2D eigenvalue weighted by atomic mass is 79.9. The summed E-state index contributed by atoms with van der Waals surface area (Å²) >= 11 is 3.47. The van der Waals surface area contributed by atoms with E-state index in [4.69, 9.17) is 4.74 Å². The number of aliphatic hydroxyl groups excluding tert-OH is 1. The Morgan fingerprint density at radius 2 is 2.05 bits per heavy atom. The van der Waals surface area contributed by atoms with E-state index in [1.165, 1.54) is 0 Å². The lowest BCUT2D eigenvalue weighted by atomic mass is 9.81. The van der Waals surface area contributed by atoms with Crippen LogP contribution in [0.4, 0.5) is 0 Å². The number of ether oxygens (including phenoxy) is 1. The van der Waals surface area contributed by atoms with Gasteiger partial charge in [-0.3, -0.25) is 0 Å². The Bertz CT molecular complexity index is 419. The molecule has 4 nitrogen and oxygen atoms in total. The van der Waals surface area contributed by atoms with Crippen molar-refractivity contribution in [2.45, 2.75) is 19.4 Å². The zero-order valence-electron chi connectivity index (χ0n) is 10.9. The van der Waals surface area contributed by atoms with Crippen LogP contribution in [0.25, 0.3) is 0 Å². The predicted molar refractivity (Wildman–Crippen MR) is 77.1 cm³/mol. The van der Waals surface area contributed by atoms with E-state index in [0.717, 1.165) is 42.6 Å². The number of phenolic OH excluding ortho intramolecular Hbond substituents is 1. The number of rotatable bonds is 5. The highest BCUT2D eigenvalue weighted by Gasteiger charge is 2.31. The first-order valence-corrected chi connectivity index (χ1v) is 7.31. The molecule has 0 aromatic heterocycles. The lowest BCUT2D eigenvalue weighted by Crippen LogP contribution is -2.41. The van der Waals surface area contributed by atoms with Gasteiger partial charge >= 0.3 is 0 Å². The van der Waals surface area contributed by atoms with Crippen LogP contribution in [0.15, 0.2) is 22.7 Å². The minimum Gasteiger partial charge on any atom is -0.508 e. The van der Waals surface area contributed by atoms with Crippen LogP contribution in [0.2, 0.25) is 0 Å². The van der Waals surface area contributed by atoms with E-state index in [9.17, 15) is 10.2 Å². The maximum atomic E-state index is 9.59. The van der Waals surface area contributed by atoms with E-state index < -0.39 is 0 Å². The molecule has 0 atom stereocenters.